The van der Waals surface area contributed by atoms with E-state index in [2.05, 4.69) is 15.0 Å². The van der Waals surface area contributed by atoms with Gasteiger partial charge in [0, 0.05) is 0 Å². The number of nitrogens with zero attached hydrogens (tertiary/aromatic N) is 4. The van der Waals surface area contributed by atoms with Gasteiger partial charge >= 0.3 is 0 Å². The normalized spacial score (nSPS) is 28.6. The van der Waals surface area contributed by atoms with Crippen molar-refractivity contribution in [3.63, 3.8) is 0 Å². The number of anilines is 1. The van der Waals surface area contributed by atoms with Crippen LogP contribution in [0.5, 0.6) is 0 Å². The number of hydrogen-bond acceptors (Lipinski definition) is 9. The Morgan fingerprint density at radius 3 is 2.57 bits per heavy atom. The van der Waals surface area contributed by atoms with E-state index in [0.717, 1.165) is 0 Å². The Balaban J connectivity index is 0.000000774. The minimum absolute atomic E-state index is 0.218. The first-order valence-corrected chi connectivity index (χ1v) is 7.03. The maximum absolute atomic E-state index is 9.95. The summed E-state index contributed by atoms with van der Waals surface area (Å²) < 4.78 is 6.85. The highest BCUT2D eigenvalue weighted by Gasteiger charge is 2.43. The first kappa shape index (κ1) is 15.8. The lowest BCUT2D eigenvalue weighted by Crippen LogP contribution is -2.33. The average Bonchev–Trinajstić information content (AvgIpc) is 3.05. The van der Waals surface area contributed by atoms with Crippen molar-refractivity contribution in [3.8, 4) is 0 Å². The summed E-state index contributed by atoms with van der Waals surface area (Å²) in [5.74, 6) is 0.218. The fraction of sp³-hybridized carbons (Fsp3) is 0.500. The van der Waals surface area contributed by atoms with Gasteiger partial charge in [-0.05, 0) is 0 Å². The average molecular weight is 315 g/mol. The molecule has 0 unspecified atom stereocenters. The molecule has 21 heavy (non-hydrogen) atoms. The molecule has 0 saturated carbocycles. The molecule has 4 atom stereocenters. The van der Waals surface area contributed by atoms with Crippen LogP contribution in [0.3, 0.4) is 0 Å². The van der Waals surface area contributed by atoms with Gasteiger partial charge in [-0.2, -0.15) is 0 Å². The summed E-state index contributed by atoms with van der Waals surface area (Å²) in [6.07, 6.45) is -1.42. The van der Waals surface area contributed by atoms with Gasteiger partial charge in [0.25, 0.3) is 0 Å². The third-order valence-corrected chi connectivity index (χ3v) is 3.18. The lowest BCUT2D eigenvalue weighted by molar-refractivity contribution is -0.0511. The molecule has 116 valence electrons. The number of aliphatic hydroxyl groups is 3. The Labute approximate surface area is 122 Å². The molecule has 0 radical (unpaired) electrons. The van der Waals surface area contributed by atoms with E-state index in [0.29, 0.717) is 21.6 Å². The van der Waals surface area contributed by atoms with Crippen molar-refractivity contribution in [2.24, 2.45) is 0 Å². The number of fused-ring (bicyclic) bond motifs is 1. The number of rotatable bonds is 2. The molecular formula is C10H17N5O5Si. The molecule has 10 nitrogen and oxygen atoms in total. The van der Waals surface area contributed by atoms with Gasteiger partial charge in [-0.15, -0.1) is 0 Å². The molecule has 1 aliphatic heterocycles. The second-order valence-corrected chi connectivity index (χ2v) is 4.31. The van der Waals surface area contributed by atoms with Crippen LogP contribution >= 0.6 is 0 Å². The number of aliphatic hydroxyl groups excluding tert-OH is 3. The van der Waals surface area contributed by atoms with Crippen LogP contribution in [0.15, 0.2) is 12.7 Å². The largest absolute Gasteiger partial charge is 0.442 e. The van der Waals surface area contributed by atoms with Crippen LogP contribution in [0.25, 0.3) is 11.2 Å². The summed E-state index contributed by atoms with van der Waals surface area (Å²) in [6.45, 7) is -0.390. The zero-order chi connectivity index (χ0) is 15.6. The highest BCUT2D eigenvalue weighted by Crippen LogP contribution is 2.31. The van der Waals surface area contributed by atoms with Crippen LogP contribution in [-0.4, -0.2) is 75.0 Å². The van der Waals surface area contributed by atoms with E-state index < -0.39 is 31.1 Å². The van der Waals surface area contributed by atoms with E-state index in [9.17, 15) is 10.2 Å². The van der Waals surface area contributed by atoms with Gasteiger partial charge in [0.15, 0.2) is 17.7 Å². The van der Waals surface area contributed by atoms with E-state index >= 15 is 0 Å². The second-order valence-electron chi connectivity index (χ2n) is 4.31. The molecule has 0 bridgehead atoms. The Kier molecular flexibility index (Phi) is 4.82. The predicted molar refractivity (Wildman–Crippen MR) is 74.9 cm³/mol. The minimum Gasteiger partial charge on any atom is -0.442 e. The summed E-state index contributed by atoms with van der Waals surface area (Å²) in [4.78, 5) is 19.0. The Morgan fingerprint density at radius 1 is 1.24 bits per heavy atom. The maximum Gasteiger partial charge on any atom is 0.167 e. The Morgan fingerprint density at radius 2 is 1.95 bits per heavy atom. The number of hydrogen-bond donors (Lipinski definition) is 5. The van der Waals surface area contributed by atoms with Crippen LogP contribution in [0.1, 0.15) is 6.23 Å². The molecule has 2 aromatic heterocycles. The van der Waals surface area contributed by atoms with Gasteiger partial charge < -0.3 is 30.6 Å². The molecule has 1 aliphatic rings. The summed E-state index contributed by atoms with van der Waals surface area (Å²) >= 11 is 0. The molecule has 2 aromatic rings. The van der Waals surface area contributed by atoms with Gasteiger partial charge in [0.2, 0.25) is 0 Å². The smallest absolute Gasteiger partial charge is 0.167 e. The lowest BCUT2D eigenvalue weighted by atomic mass is 10.1. The highest BCUT2D eigenvalue weighted by molar-refractivity contribution is 5.95. The summed E-state index contributed by atoms with van der Waals surface area (Å²) in [6, 6.07) is 0. The van der Waals surface area contributed by atoms with Crippen LogP contribution in [0.4, 0.5) is 5.82 Å². The first-order valence-electron chi connectivity index (χ1n) is 6.13. The molecule has 0 aliphatic carbocycles. The van der Waals surface area contributed by atoms with Gasteiger partial charge in [0.05, 0.1) is 12.9 Å². The van der Waals surface area contributed by atoms with Crippen LogP contribution in [0.2, 0.25) is 0 Å². The van der Waals surface area contributed by atoms with Crippen molar-refractivity contribution in [1.29, 1.82) is 0 Å². The number of nitrogens with two attached hydrogens (primary N) is 1. The van der Waals surface area contributed by atoms with Crippen molar-refractivity contribution in [2.45, 2.75) is 24.5 Å². The zero-order valence-electron chi connectivity index (χ0n) is 11.2. The first-order chi connectivity index (χ1) is 10.1. The molecular weight excluding hydrogens is 298 g/mol. The third-order valence-electron chi connectivity index (χ3n) is 3.18. The summed E-state index contributed by atoms with van der Waals surface area (Å²) in [7, 11) is 0.306. The number of imidazole rings is 1. The SMILES string of the molecule is Nc1ncnc2c1ncn2[C@@H]1O[C@H](CO)[C@@H](O)[C@H]1O.O[SiH3]. The molecule has 0 aromatic carbocycles. The van der Waals surface area contributed by atoms with E-state index in [-0.39, 0.29) is 5.82 Å². The summed E-state index contributed by atoms with van der Waals surface area (Å²) in [5, 5.41) is 28.7. The fourth-order valence-electron chi connectivity index (χ4n) is 2.17. The van der Waals surface area contributed by atoms with Crippen LogP contribution in [-0.2, 0) is 4.74 Å². The molecule has 11 heteroatoms. The molecule has 1 saturated heterocycles. The molecule has 0 spiro atoms. The standard InChI is InChI=1S/C10H13N5O4.H4OSi/c11-8-5-9(13-2-12-8)15(3-14-5)10-7(18)6(17)4(1-16)19-10;1-2/h2-4,6-7,10,16-18H,1H2,(H2,11,12,13);1H,2H3/t4-,6-,7-,10-;/m1./s1. The highest BCUT2D eigenvalue weighted by atomic mass is 28.2. The van der Waals surface area contributed by atoms with E-state index in [1.54, 1.807) is 0 Å². The monoisotopic (exact) mass is 315 g/mol. The zero-order valence-corrected chi connectivity index (χ0v) is 13.2. The number of nitrogen functional groups attached to an aromatic ring is 1. The topological polar surface area (TPSA) is 160 Å². The quantitative estimate of drug-likeness (QED) is 0.351. The van der Waals surface area contributed by atoms with Crippen molar-refractivity contribution in [1.82, 2.24) is 19.5 Å². The van der Waals surface area contributed by atoms with Crippen molar-refractivity contribution < 1.29 is 24.9 Å². The fourth-order valence-corrected chi connectivity index (χ4v) is 2.17. The Hall–Kier alpha value is -1.63. The molecule has 3 heterocycles. The van der Waals surface area contributed by atoms with E-state index in [1.807, 2.05) is 0 Å². The van der Waals surface area contributed by atoms with Gasteiger partial charge in [0.1, 0.15) is 40.6 Å². The summed E-state index contributed by atoms with van der Waals surface area (Å²) in [5.41, 5.74) is 6.44. The van der Waals surface area contributed by atoms with Crippen molar-refractivity contribution in [2.75, 3.05) is 12.3 Å². The van der Waals surface area contributed by atoms with E-state index in [1.165, 1.54) is 17.2 Å². The van der Waals surface area contributed by atoms with Crippen LogP contribution in [0, 0.1) is 0 Å². The van der Waals surface area contributed by atoms with Gasteiger partial charge in [-0.1, -0.05) is 0 Å². The number of ether oxygens (including phenoxy) is 1. The lowest BCUT2D eigenvalue weighted by Gasteiger charge is -2.16. The molecule has 3 rings (SSSR count). The van der Waals surface area contributed by atoms with Crippen LogP contribution < -0.4 is 5.73 Å². The predicted octanol–water partition coefficient (Wildman–Crippen LogP) is -3.72. The third kappa shape index (κ3) is 2.62. The maximum atomic E-state index is 9.95. The molecule has 0 amide bonds. The van der Waals surface area contributed by atoms with Gasteiger partial charge in [-0.25, -0.2) is 15.0 Å². The molecule has 1 fully saturated rings. The van der Waals surface area contributed by atoms with Crippen molar-refractivity contribution >= 4 is 27.5 Å². The number of aromatic nitrogens is 4. The molecule has 6 N–H and O–H groups in total. The minimum atomic E-state index is -1.19. The van der Waals surface area contributed by atoms with Gasteiger partial charge in [-0.3, -0.25) is 4.57 Å². The van der Waals surface area contributed by atoms with Crippen molar-refractivity contribution in [3.05, 3.63) is 12.7 Å². The van der Waals surface area contributed by atoms with E-state index in [4.69, 9.17) is 20.4 Å². The second kappa shape index (κ2) is 6.42. The Bertz CT molecular complexity index is 611.